The van der Waals surface area contributed by atoms with Crippen molar-refractivity contribution >= 4 is 0 Å². The third kappa shape index (κ3) is 2.26. The molecule has 1 aromatic carbocycles. The number of likely N-dealkylation sites (tertiary alicyclic amines) is 1. The van der Waals surface area contributed by atoms with E-state index in [4.69, 9.17) is 0 Å². The van der Waals surface area contributed by atoms with Gasteiger partial charge in [0.15, 0.2) is 0 Å². The highest BCUT2D eigenvalue weighted by atomic mass is 15.1. The van der Waals surface area contributed by atoms with E-state index in [1.54, 1.807) is 16.7 Å². The van der Waals surface area contributed by atoms with Crippen molar-refractivity contribution in [3.63, 3.8) is 0 Å². The molecule has 1 heteroatoms. The molecule has 2 unspecified atom stereocenters. The van der Waals surface area contributed by atoms with Crippen molar-refractivity contribution in [1.82, 2.24) is 4.90 Å². The molecule has 2 aliphatic rings. The average Bonchev–Trinajstić information content (AvgIpc) is 2.75. The molecular weight excluding hydrogens is 206 g/mol. The summed E-state index contributed by atoms with van der Waals surface area (Å²) in [5, 5.41) is 0. The Bertz CT molecular complexity index is 410. The van der Waals surface area contributed by atoms with Crippen molar-refractivity contribution in [2.75, 3.05) is 20.1 Å². The van der Waals surface area contributed by atoms with Crippen LogP contribution in [0.4, 0.5) is 0 Å². The minimum absolute atomic E-state index is 0.780. The summed E-state index contributed by atoms with van der Waals surface area (Å²) in [6, 6.07) is 7.29. The van der Waals surface area contributed by atoms with Gasteiger partial charge in [-0.25, -0.2) is 0 Å². The maximum absolute atomic E-state index is 2.51. The Morgan fingerprint density at radius 3 is 2.82 bits per heavy atom. The lowest BCUT2D eigenvalue weighted by Crippen LogP contribution is -2.14. The van der Waals surface area contributed by atoms with Crippen molar-refractivity contribution in [1.29, 1.82) is 0 Å². The zero-order valence-corrected chi connectivity index (χ0v) is 11.1. The van der Waals surface area contributed by atoms with Crippen LogP contribution in [-0.2, 0) is 12.8 Å². The van der Waals surface area contributed by atoms with Crippen LogP contribution in [-0.4, -0.2) is 25.0 Å². The third-order valence-corrected chi connectivity index (χ3v) is 4.57. The molecule has 0 spiro atoms. The van der Waals surface area contributed by atoms with E-state index in [0.717, 1.165) is 11.8 Å². The lowest BCUT2D eigenvalue weighted by atomic mass is 9.83. The van der Waals surface area contributed by atoms with Gasteiger partial charge in [0, 0.05) is 6.54 Å². The summed E-state index contributed by atoms with van der Waals surface area (Å²) in [5.74, 6) is 1.66. The van der Waals surface area contributed by atoms with E-state index in [2.05, 4.69) is 37.1 Å². The Morgan fingerprint density at radius 2 is 2.06 bits per heavy atom. The van der Waals surface area contributed by atoms with Gasteiger partial charge in [-0.15, -0.1) is 0 Å². The lowest BCUT2D eigenvalue weighted by Gasteiger charge is -2.23. The Labute approximate surface area is 105 Å². The summed E-state index contributed by atoms with van der Waals surface area (Å²) in [5.41, 5.74) is 4.83. The second-order valence-electron chi connectivity index (χ2n) is 6.12. The van der Waals surface area contributed by atoms with E-state index in [-0.39, 0.29) is 0 Å². The number of fused-ring (bicyclic) bond motifs is 1. The fourth-order valence-electron chi connectivity index (χ4n) is 3.42. The number of benzene rings is 1. The van der Waals surface area contributed by atoms with Crippen LogP contribution >= 0.6 is 0 Å². The molecule has 0 N–H and O–H groups in total. The van der Waals surface area contributed by atoms with Gasteiger partial charge in [-0.05, 0) is 67.8 Å². The molecule has 17 heavy (non-hydrogen) atoms. The van der Waals surface area contributed by atoms with E-state index in [1.165, 1.54) is 38.8 Å². The highest BCUT2D eigenvalue weighted by Crippen LogP contribution is 2.31. The van der Waals surface area contributed by atoms with Gasteiger partial charge in [-0.2, -0.15) is 0 Å². The minimum atomic E-state index is 0.780. The number of likely N-dealkylation sites (N-methyl/N-ethyl adjacent to an activating group) is 1. The molecule has 1 aliphatic carbocycles. The van der Waals surface area contributed by atoms with Crippen LogP contribution in [0.1, 0.15) is 42.4 Å². The van der Waals surface area contributed by atoms with E-state index < -0.39 is 0 Å². The number of hydrogen-bond acceptors (Lipinski definition) is 1. The van der Waals surface area contributed by atoms with Crippen molar-refractivity contribution in [3.8, 4) is 0 Å². The number of aryl methyl sites for hydroxylation is 1. The zero-order chi connectivity index (χ0) is 11.8. The van der Waals surface area contributed by atoms with E-state index >= 15 is 0 Å². The summed E-state index contributed by atoms with van der Waals surface area (Å²) >= 11 is 0. The minimum Gasteiger partial charge on any atom is -0.306 e. The molecule has 1 saturated heterocycles. The normalized spacial score (nSPS) is 29.3. The van der Waals surface area contributed by atoms with Gasteiger partial charge in [0.25, 0.3) is 0 Å². The number of nitrogens with zero attached hydrogens (tertiary/aromatic N) is 1. The Morgan fingerprint density at radius 1 is 1.18 bits per heavy atom. The molecule has 0 bridgehead atoms. The van der Waals surface area contributed by atoms with Gasteiger partial charge < -0.3 is 4.90 Å². The van der Waals surface area contributed by atoms with Crippen LogP contribution < -0.4 is 0 Å². The Kier molecular flexibility index (Phi) is 2.96. The Balaban J connectivity index is 1.85. The lowest BCUT2D eigenvalue weighted by molar-refractivity contribution is 0.411. The third-order valence-electron chi connectivity index (χ3n) is 4.57. The molecular formula is C16H23N. The smallest absolute Gasteiger partial charge is 0.00477 e. The average molecular weight is 229 g/mol. The summed E-state index contributed by atoms with van der Waals surface area (Å²) in [4.78, 5) is 2.45. The van der Waals surface area contributed by atoms with Crippen LogP contribution in [0.3, 0.4) is 0 Å². The molecule has 0 radical (unpaired) electrons. The van der Waals surface area contributed by atoms with Crippen LogP contribution in [0.5, 0.6) is 0 Å². The number of hydrogen-bond donors (Lipinski definition) is 0. The molecule has 0 amide bonds. The number of rotatable bonds is 1. The first-order valence-corrected chi connectivity index (χ1v) is 7.02. The van der Waals surface area contributed by atoms with E-state index in [9.17, 15) is 0 Å². The fourth-order valence-corrected chi connectivity index (χ4v) is 3.42. The van der Waals surface area contributed by atoms with Gasteiger partial charge in [0.2, 0.25) is 0 Å². The van der Waals surface area contributed by atoms with Gasteiger partial charge >= 0.3 is 0 Å². The predicted octanol–water partition coefficient (Wildman–Crippen LogP) is 3.23. The maximum atomic E-state index is 2.51. The summed E-state index contributed by atoms with van der Waals surface area (Å²) in [7, 11) is 2.24. The molecule has 92 valence electrons. The molecule has 1 heterocycles. The molecule has 0 saturated carbocycles. The largest absolute Gasteiger partial charge is 0.306 e. The highest BCUT2D eigenvalue weighted by Gasteiger charge is 2.23. The topological polar surface area (TPSA) is 3.24 Å². The molecule has 1 aliphatic heterocycles. The maximum Gasteiger partial charge on any atom is 0.00477 e. The highest BCUT2D eigenvalue weighted by molar-refractivity contribution is 5.36. The van der Waals surface area contributed by atoms with Crippen LogP contribution in [0.25, 0.3) is 0 Å². The second-order valence-corrected chi connectivity index (χ2v) is 6.12. The van der Waals surface area contributed by atoms with Gasteiger partial charge in [0.05, 0.1) is 0 Å². The summed E-state index contributed by atoms with van der Waals surface area (Å²) < 4.78 is 0. The SMILES string of the molecule is CC1CCc2ccc(C3CCN(C)C3)cc2C1. The Hall–Kier alpha value is -0.820. The van der Waals surface area contributed by atoms with Gasteiger partial charge in [0.1, 0.15) is 0 Å². The molecule has 3 rings (SSSR count). The molecule has 1 aromatic rings. The first-order chi connectivity index (χ1) is 8.22. The second kappa shape index (κ2) is 4.45. The van der Waals surface area contributed by atoms with Crippen molar-refractivity contribution in [2.24, 2.45) is 5.92 Å². The van der Waals surface area contributed by atoms with Crippen LogP contribution in [0.2, 0.25) is 0 Å². The summed E-state index contributed by atoms with van der Waals surface area (Å²) in [6.07, 6.45) is 5.30. The molecule has 0 aromatic heterocycles. The molecule has 2 atom stereocenters. The van der Waals surface area contributed by atoms with Crippen molar-refractivity contribution in [2.45, 2.75) is 38.5 Å². The van der Waals surface area contributed by atoms with Gasteiger partial charge in [-0.1, -0.05) is 25.1 Å². The van der Waals surface area contributed by atoms with Crippen LogP contribution in [0, 0.1) is 5.92 Å². The van der Waals surface area contributed by atoms with E-state index in [0.29, 0.717) is 0 Å². The molecule has 1 nitrogen and oxygen atoms in total. The van der Waals surface area contributed by atoms with Crippen molar-refractivity contribution in [3.05, 3.63) is 34.9 Å². The first-order valence-electron chi connectivity index (χ1n) is 7.02. The monoisotopic (exact) mass is 229 g/mol. The van der Waals surface area contributed by atoms with E-state index in [1.807, 2.05) is 0 Å². The predicted molar refractivity (Wildman–Crippen MR) is 72.5 cm³/mol. The van der Waals surface area contributed by atoms with Gasteiger partial charge in [-0.3, -0.25) is 0 Å². The van der Waals surface area contributed by atoms with Crippen LogP contribution in [0.15, 0.2) is 18.2 Å². The first kappa shape index (κ1) is 11.3. The fraction of sp³-hybridized carbons (Fsp3) is 0.625. The molecule has 1 fully saturated rings. The quantitative estimate of drug-likeness (QED) is 0.714. The van der Waals surface area contributed by atoms with Crippen molar-refractivity contribution < 1.29 is 0 Å². The summed E-state index contributed by atoms with van der Waals surface area (Å²) in [6.45, 7) is 4.89. The standard InChI is InChI=1S/C16H23N/c1-12-3-4-13-5-6-14(10-16(13)9-12)15-7-8-17(2)11-15/h5-6,10,12,15H,3-4,7-9,11H2,1-2H3. The zero-order valence-electron chi connectivity index (χ0n) is 11.1.